The SMILES string of the molecule is COc1cccc2ncn(C3(C)CCC3)c(=O)c12. The van der Waals surface area contributed by atoms with Gasteiger partial charge in [-0.2, -0.15) is 0 Å². The van der Waals surface area contributed by atoms with Crippen LogP contribution in [0.2, 0.25) is 0 Å². The molecule has 0 atom stereocenters. The number of hydrogen-bond acceptors (Lipinski definition) is 3. The van der Waals surface area contributed by atoms with E-state index >= 15 is 0 Å². The Morgan fingerprint density at radius 1 is 1.39 bits per heavy atom. The lowest BCUT2D eigenvalue weighted by atomic mass is 9.78. The van der Waals surface area contributed by atoms with E-state index in [1.807, 2.05) is 12.1 Å². The molecule has 1 heterocycles. The summed E-state index contributed by atoms with van der Waals surface area (Å²) in [6, 6.07) is 5.49. The highest BCUT2D eigenvalue weighted by atomic mass is 16.5. The summed E-state index contributed by atoms with van der Waals surface area (Å²) in [6.07, 6.45) is 4.92. The molecule has 0 bridgehead atoms. The molecule has 1 aromatic carbocycles. The van der Waals surface area contributed by atoms with E-state index in [1.54, 1.807) is 24.1 Å². The number of ether oxygens (including phenoxy) is 1. The van der Waals surface area contributed by atoms with E-state index < -0.39 is 0 Å². The first-order valence-corrected chi connectivity index (χ1v) is 6.20. The van der Waals surface area contributed by atoms with E-state index in [1.165, 1.54) is 6.42 Å². The van der Waals surface area contributed by atoms with Gasteiger partial charge in [-0.05, 0) is 38.3 Å². The molecule has 3 rings (SSSR count). The second-order valence-electron chi connectivity index (χ2n) is 5.12. The molecule has 4 nitrogen and oxygen atoms in total. The highest BCUT2D eigenvalue weighted by Gasteiger charge is 2.35. The Morgan fingerprint density at radius 2 is 2.17 bits per heavy atom. The molecule has 0 radical (unpaired) electrons. The van der Waals surface area contributed by atoms with Gasteiger partial charge in [0, 0.05) is 5.54 Å². The van der Waals surface area contributed by atoms with Gasteiger partial charge in [0.2, 0.25) is 0 Å². The van der Waals surface area contributed by atoms with Crippen LogP contribution in [0.4, 0.5) is 0 Å². The predicted molar refractivity (Wildman–Crippen MR) is 70.1 cm³/mol. The number of methoxy groups -OCH3 is 1. The van der Waals surface area contributed by atoms with E-state index in [2.05, 4.69) is 11.9 Å². The summed E-state index contributed by atoms with van der Waals surface area (Å²) in [5.41, 5.74) is 0.622. The number of aromatic nitrogens is 2. The van der Waals surface area contributed by atoms with Crippen molar-refractivity contribution in [2.45, 2.75) is 31.7 Å². The van der Waals surface area contributed by atoms with Crippen LogP contribution in [-0.2, 0) is 5.54 Å². The summed E-state index contributed by atoms with van der Waals surface area (Å²) in [5.74, 6) is 0.599. The number of rotatable bonds is 2. The first kappa shape index (κ1) is 11.3. The van der Waals surface area contributed by atoms with E-state index in [9.17, 15) is 4.79 Å². The lowest BCUT2D eigenvalue weighted by Gasteiger charge is -2.39. The first-order valence-electron chi connectivity index (χ1n) is 6.20. The van der Waals surface area contributed by atoms with E-state index in [4.69, 9.17) is 4.74 Å². The summed E-state index contributed by atoms with van der Waals surface area (Å²) in [5, 5.41) is 0.579. The second-order valence-corrected chi connectivity index (χ2v) is 5.12. The zero-order valence-corrected chi connectivity index (χ0v) is 10.6. The zero-order valence-electron chi connectivity index (χ0n) is 10.6. The van der Waals surface area contributed by atoms with Crippen LogP contribution >= 0.6 is 0 Å². The molecule has 0 unspecified atom stereocenters. The Balaban J connectivity index is 2.31. The summed E-state index contributed by atoms with van der Waals surface area (Å²) in [4.78, 5) is 17.0. The number of hydrogen-bond donors (Lipinski definition) is 0. The topological polar surface area (TPSA) is 44.1 Å². The Bertz CT molecular complexity index is 656. The van der Waals surface area contributed by atoms with Gasteiger partial charge in [0.15, 0.2) is 0 Å². The monoisotopic (exact) mass is 244 g/mol. The van der Waals surface area contributed by atoms with E-state index in [0.29, 0.717) is 16.7 Å². The summed E-state index contributed by atoms with van der Waals surface area (Å²) in [7, 11) is 1.58. The second kappa shape index (κ2) is 3.83. The van der Waals surface area contributed by atoms with Crippen LogP contribution in [0.3, 0.4) is 0 Å². The van der Waals surface area contributed by atoms with Crippen molar-refractivity contribution in [2.75, 3.05) is 7.11 Å². The molecule has 2 aromatic rings. The van der Waals surface area contributed by atoms with Crippen molar-refractivity contribution in [3.8, 4) is 5.75 Å². The fourth-order valence-corrected chi connectivity index (χ4v) is 2.62. The number of nitrogens with zero attached hydrogens (tertiary/aromatic N) is 2. The minimum atomic E-state index is -0.0703. The molecule has 0 N–H and O–H groups in total. The molecular weight excluding hydrogens is 228 g/mol. The third-order valence-corrected chi connectivity index (χ3v) is 3.98. The zero-order chi connectivity index (χ0) is 12.8. The maximum absolute atomic E-state index is 12.6. The molecule has 18 heavy (non-hydrogen) atoms. The van der Waals surface area contributed by atoms with Crippen molar-refractivity contribution in [3.63, 3.8) is 0 Å². The lowest BCUT2D eigenvalue weighted by molar-refractivity contribution is 0.162. The summed E-state index contributed by atoms with van der Waals surface area (Å²) >= 11 is 0. The molecular formula is C14H16N2O2. The van der Waals surface area contributed by atoms with Crippen LogP contribution in [0.1, 0.15) is 26.2 Å². The summed E-state index contributed by atoms with van der Waals surface area (Å²) in [6.45, 7) is 2.11. The quantitative estimate of drug-likeness (QED) is 0.814. The van der Waals surface area contributed by atoms with Crippen molar-refractivity contribution in [3.05, 3.63) is 34.9 Å². The molecule has 0 aliphatic heterocycles. The van der Waals surface area contributed by atoms with Crippen molar-refractivity contribution in [1.82, 2.24) is 9.55 Å². The Hall–Kier alpha value is -1.84. The number of benzene rings is 1. The van der Waals surface area contributed by atoms with Gasteiger partial charge in [-0.1, -0.05) is 6.07 Å². The maximum atomic E-state index is 12.6. The maximum Gasteiger partial charge on any atom is 0.265 e. The molecule has 0 spiro atoms. The molecule has 1 aliphatic carbocycles. The molecule has 0 amide bonds. The minimum Gasteiger partial charge on any atom is -0.496 e. The molecule has 1 saturated carbocycles. The first-order chi connectivity index (χ1) is 8.65. The van der Waals surface area contributed by atoms with E-state index in [-0.39, 0.29) is 11.1 Å². The largest absolute Gasteiger partial charge is 0.496 e. The van der Waals surface area contributed by atoms with Crippen molar-refractivity contribution in [1.29, 1.82) is 0 Å². The van der Waals surface area contributed by atoms with Gasteiger partial charge in [0.25, 0.3) is 5.56 Å². The van der Waals surface area contributed by atoms with Gasteiger partial charge in [-0.15, -0.1) is 0 Å². The average Bonchev–Trinajstić information content (AvgIpc) is 2.36. The van der Waals surface area contributed by atoms with Crippen LogP contribution in [0, 0.1) is 0 Å². The number of fused-ring (bicyclic) bond motifs is 1. The Labute approximate surface area is 105 Å². The third-order valence-electron chi connectivity index (χ3n) is 3.98. The Morgan fingerprint density at radius 3 is 2.78 bits per heavy atom. The van der Waals surface area contributed by atoms with Crippen LogP contribution in [0.25, 0.3) is 10.9 Å². The normalized spacial score (nSPS) is 17.4. The van der Waals surface area contributed by atoms with Crippen LogP contribution in [0.15, 0.2) is 29.3 Å². The van der Waals surface area contributed by atoms with Crippen LogP contribution in [-0.4, -0.2) is 16.7 Å². The van der Waals surface area contributed by atoms with Gasteiger partial charge in [-0.3, -0.25) is 9.36 Å². The van der Waals surface area contributed by atoms with Crippen LogP contribution < -0.4 is 10.3 Å². The predicted octanol–water partition coefficient (Wildman–Crippen LogP) is 2.30. The van der Waals surface area contributed by atoms with Crippen molar-refractivity contribution in [2.24, 2.45) is 0 Å². The van der Waals surface area contributed by atoms with Gasteiger partial charge in [-0.25, -0.2) is 4.98 Å². The molecule has 4 heteroatoms. The van der Waals surface area contributed by atoms with Crippen molar-refractivity contribution >= 4 is 10.9 Å². The van der Waals surface area contributed by atoms with Gasteiger partial charge in [0.1, 0.15) is 11.1 Å². The molecule has 1 aromatic heterocycles. The van der Waals surface area contributed by atoms with Gasteiger partial charge >= 0.3 is 0 Å². The molecule has 94 valence electrons. The smallest absolute Gasteiger partial charge is 0.265 e. The van der Waals surface area contributed by atoms with E-state index in [0.717, 1.165) is 12.8 Å². The van der Waals surface area contributed by atoms with Crippen LogP contribution in [0.5, 0.6) is 5.75 Å². The highest BCUT2D eigenvalue weighted by molar-refractivity contribution is 5.84. The molecule has 1 aliphatic rings. The van der Waals surface area contributed by atoms with Gasteiger partial charge < -0.3 is 4.74 Å². The molecule has 1 fully saturated rings. The lowest BCUT2D eigenvalue weighted by Crippen LogP contribution is -2.44. The standard InChI is InChI=1S/C14H16N2O2/c1-14(7-4-8-14)16-9-15-10-5-3-6-11(18-2)12(10)13(16)17/h3,5-6,9H,4,7-8H2,1-2H3. The third kappa shape index (κ3) is 1.45. The van der Waals surface area contributed by atoms with Crippen molar-refractivity contribution < 1.29 is 4.74 Å². The highest BCUT2D eigenvalue weighted by Crippen LogP contribution is 2.37. The molecule has 0 saturated heterocycles. The average molecular weight is 244 g/mol. The Kier molecular flexibility index (Phi) is 2.40. The fraction of sp³-hybridized carbons (Fsp3) is 0.429. The minimum absolute atomic E-state index is 0.000324. The fourth-order valence-electron chi connectivity index (χ4n) is 2.62. The van der Waals surface area contributed by atoms with Gasteiger partial charge in [0.05, 0.1) is 19.0 Å². The summed E-state index contributed by atoms with van der Waals surface area (Å²) < 4.78 is 7.04.